The number of amides is 1. The number of carbonyl (C=O) groups is 1. The summed E-state index contributed by atoms with van der Waals surface area (Å²) >= 11 is 0. The van der Waals surface area contributed by atoms with Crippen molar-refractivity contribution in [2.24, 2.45) is 0 Å². The molecule has 0 fully saturated rings. The molecular formula is C22H27N3O3. The molecule has 0 aliphatic heterocycles. The van der Waals surface area contributed by atoms with Gasteiger partial charge in [0, 0.05) is 29.2 Å². The summed E-state index contributed by atoms with van der Waals surface area (Å²) in [5, 5.41) is 3.79. The third-order valence-corrected chi connectivity index (χ3v) is 4.80. The molecular weight excluding hydrogens is 354 g/mol. The van der Waals surface area contributed by atoms with Gasteiger partial charge in [-0.2, -0.15) is 0 Å². The highest BCUT2D eigenvalue weighted by Gasteiger charge is 2.17. The summed E-state index contributed by atoms with van der Waals surface area (Å²) in [7, 11) is 1.66. The molecule has 2 aromatic carbocycles. The zero-order valence-corrected chi connectivity index (χ0v) is 16.8. The number of carbonyl (C=O) groups excluding carboxylic acids is 1. The Labute approximate surface area is 165 Å². The number of anilines is 2. The van der Waals surface area contributed by atoms with E-state index in [1.165, 1.54) is 0 Å². The summed E-state index contributed by atoms with van der Waals surface area (Å²) < 4.78 is 12.7. The highest BCUT2D eigenvalue weighted by molar-refractivity contribution is 6.01. The topological polar surface area (TPSA) is 78.5 Å². The van der Waals surface area contributed by atoms with Crippen molar-refractivity contribution >= 4 is 28.4 Å². The van der Waals surface area contributed by atoms with Crippen molar-refractivity contribution < 1.29 is 14.3 Å². The normalized spacial score (nSPS) is 10.9. The number of nitrogen functional groups attached to an aromatic ring is 1. The molecule has 148 valence electrons. The third kappa shape index (κ3) is 3.63. The van der Waals surface area contributed by atoms with Crippen LogP contribution in [-0.2, 0) is 11.3 Å². The van der Waals surface area contributed by atoms with Crippen molar-refractivity contribution in [3.05, 3.63) is 42.0 Å². The number of hydrogen-bond acceptors (Lipinski definition) is 4. The molecule has 0 unspecified atom stereocenters. The van der Waals surface area contributed by atoms with Gasteiger partial charge in [-0.15, -0.1) is 0 Å². The number of fused-ring (bicyclic) bond motifs is 1. The van der Waals surface area contributed by atoms with Gasteiger partial charge in [-0.1, -0.05) is 13.0 Å². The van der Waals surface area contributed by atoms with Crippen LogP contribution in [0.15, 0.2) is 36.4 Å². The van der Waals surface area contributed by atoms with Crippen LogP contribution in [0.2, 0.25) is 0 Å². The van der Waals surface area contributed by atoms with Crippen molar-refractivity contribution in [2.75, 3.05) is 24.8 Å². The maximum Gasteiger partial charge on any atom is 0.411 e. The predicted octanol–water partition coefficient (Wildman–Crippen LogP) is 5.19. The Hall–Kier alpha value is -3.15. The highest BCUT2D eigenvalue weighted by Crippen LogP contribution is 2.38. The number of aryl methyl sites for hydroxylation is 2. The fraction of sp³-hybridized carbons (Fsp3) is 0.318. The van der Waals surface area contributed by atoms with Gasteiger partial charge in [0.1, 0.15) is 5.75 Å². The second-order valence-electron chi connectivity index (χ2n) is 6.68. The highest BCUT2D eigenvalue weighted by atomic mass is 16.5. The Bertz CT molecular complexity index is 1010. The van der Waals surface area contributed by atoms with Gasteiger partial charge >= 0.3 is 6.09 Å². The molecule has 3 N–H and O–H groups in total. The van der Waals surface area contributed by atoms with Crippen LogP contribution in [0.1, 0.15) is 25.8 Å². The van der Waals surface area contributed by atoms with Crippen LogP contribution < -0.4 is 15.8 Å². The van der Waals surface area contributed by atoms with Gasteiger partial charge in [0.2, 0.25) is 0 Å². The molecule has 3 rings (SSSR count). The van der Waals surface area contributed by atoms with Crippen LogP contribution in [0.3, 0.4) is 0 Å². The summed E-state index contributed by atoms with van der Waals surface area (Å²) in [5.74, 6) is 0.799. The minimum atomic E-state index is -0.438. The molecule has 0 atom stereocenters. The molecule has 0 radical (unpaired) electrons. The molecule has 1 aromatic heterocycles. The summed E-state index contributed by atoms with van der Waals surface area (Å²) in [6.07, 6.45) is 0.351. The number of hydrogen-bond donors (Lipinski definition) is 2. The molecule has 0 saturated carbocycles. The number of benzene rings is 2. The van der Waals surface area contributed by atoms with Gasteiger partial charge in [-0.25, -0.2) is 4.79 Å². The number of nitrogens with two attached hydrogens (primary N) is 1. The van der Waals surface area contributed by atoms with Crippen LogP contribution in [-0.4, -0.2) is 24.4 Å². The van der Waals surface area contributed by atoms with E-state index in [4.69, 9.17) is 15.2 Å². The molecule has 6 heteroatoms. The molecule has 0 aliphatic carbocycles. The minimum Gasteiger partial charge on any atom is -0.497 e. The average molecular weight is 381 g/mol. The number of methoxy groups -OCH3 is 1. The first-order chi connectivity index (χ1) is 13.5. The largest absolute Gasteiger partial charge is 0.497 e. The summed E-state index contributed by atoms with van der Waals surface area (Å²) in [5.41, 5.74) is 11.9. The summed E-state index contributed by atoms with van der Waals surface area (Å²) in [6.45, 7) is 7.18. The van der Waals surface area contributed by atoms with Crippen molar-refractivity contribution in [1.82, 2.24) is 4.57 Å². The third-order valence-electron chi connectivity index (χ3n) is 4.80. The Kier molecular flexibility index (Phi) is 5.78. The fourth-order valence-electron chi connectivity index (χ4n) is 3.41. The van der Waals surface area contributed by atoms with Gasteiger partial charge in [0.05, 0.1) is 30.6 Å². The van der Waals surface area contributed by atoms with Crippen molar-refractivity contribution in [3.8, 4) is 17.0 Å². The first kappa shape index (κ1) is 19.6. The van der Waals surface area contributed by atoms with Gasteiger partial charge in [0.15, 0.2) is 0 Å². The molecule has 0 spiro atoms. The van der Waals surface area contributed by atoms with Crippen molar-refractivity contribution in [2.45, 2.75) is 33.7 Å². The average Bonchev–Trinajstić information content (AvgIpc) is 2.99. The molecule has 1 heterocycles. The lowest BCUT2D eigenvalue weighted by molar-refractivity contribution is 0.161. The number of ether oxygens (including phenoxy) is 2. The van der Waals surface area contributed by atoms with Crippen LogP contribution in [0.25, 0.3) is 22.2 Å². The number of nitrogens with zero attached hydrogens (tertiary/aromatic N) is 1. The van der Waals surface area contributed by atoms with E-state index in [1.807, 2.05) is 50.2 Å². The predicted molar refractivity (Wildman–Crippen MR) is 114 cm³/mol. The van der Waals surface area contributed by atoms with E-state index in [-0.39, 0.29) is 0 Å². The summed E-state index contributed by atoms with van der Waals surface area (Å²) in [6, 6.07) is 11.8. The molecule has 0 saturated heterocycles. The van der Waals surface area contributed by atoms with Crippen molar-refractivity contribution in [1.29, 1.82) is 0 Å². The van der Waals surface area contributed by atoms with Gasteiger partial charge < -0.3 is 19.8 Å². The zero-order valence-electron chi connectivity index (χ0n) is 16.8. The van der Waals surface area contributed by atoms with Gasteiger partial charge in [0.25, 0.3) is 0 Å². The summed E-state index contributed by atoms with van der Waals surface area (Å²) in [4.78, 5) is 11.8. The van der Waals surface area contributed by atoms with E-state index in [9.17, 15) is 4.79 Å². The minimum absolute atomic E-state index is 0.402. The lowest BCUT2D eigenvalue weighted by atomic mass is 10.1. The molecule has 6 nitrogen and oxygen atoms in total. The van der Waals surface area contributed by atoms with E-state index in [0.717, 1.165) is 57.8 Å². The molecule has 3 aromatic rings. The lowest BCUT2D eigenvalue weighted by Crippen LogP contribution is -2.14. The van der Waals surface area contributed by atoms with Crippen LogP contribution in [0.5, 0.6) is 5.75 Å². The van der Waals surface area contributed by atoms with Crippen LogP contribution in [0.4, 0.5) is 16.2 Å². The van der Waals surface area contributed by atoms with Crippen LogP contribution in [0, 0.1) is 6.92 Å². The Morgan fingerprint density at radius 2 is 1.96 bits per heavy atom. The van der Waals surface area contributed by atoms with Gasteiger partial charge in [-0.05, 0) is 50.1 Å². The quantitative estimate of drug-likeness (QED) is 0.616. The zero-order chi connectivity index (χ0) is 20.3. The number of aromatic nitrogens is 1. The van der Waals surface area contributed by atoms with E-state index < -0.39 is 6.09 Å². The monoisotopic (exact) mass is 381 g/mol. The second-order valence-corrected chi connectivity index (χ2v) is 6.68. The van der Waals surface area contributed by atoms with Crippen molar-refractivity contribution in [3.63, 3.8) is 0 Å². The van der Waals surface area contributed by atoms with E-state index in [2.05, 4.69) is 16.8 Å². The number of rotatable bonds is 6. The molecule has 1 amide bonds. The van der Waals surface area contributed by atoms with Gasteiger partial charge in [-0.3, -0.25) is 5.32 Å². The second kappa shape index (κ2) is 8.25. The lowest BCUT2D eigenvalue weighted by Gasteiger charge is -2.13. The first-order valence-electron chi connectivity index (χ1n) is 9.50. The first-order valence-corrected chi connectivity index (χ1v) is 9.50. The van der Waals surface area contributed by atoms with E-state index >= 15 is 0 Å². The van der Waals surface area contributed by atoms with E-state index in [0.29, 0.717) is 6.61 Å². The Morgan fingerprint density at radius 1 is 1.18 bits per heavy atom. The SMILES string of the molecule is CCCOC(=O)Nc1ccc(-c2c(N)c3ccc(OC)cc3n2CC)cc1C. The smallest absolute Gasteiger partial charge is 0.411 e. The molecule has 28 heavy (non-hydrogen) atoms. The molecule has 0 bridgehead atoms. The fourth-order valence-corrected chi connectivity index (χ4v) is 3.41. The Morgan fingerprint density at radius 3 is 2.61 bits per heavy atom. The maximum absolute atomic E-state index is 11.8. The van der Waals surface area contributed by atoms with Crippen LogP contribution >= 0.6 is 0 Å². The van der Waals surface area contributed by atoms with E-state index in [1.54, 1.807) is 7.11 Å². The molecule has 0 aliphatic rings. The Balaban J connectivity index is 2.01. The maximum atomic E-state index is 11.8. The number of nitrogens with one attached hydrogen (secondary N) is 1. The standard InChI is InChI=1S/C22H27N3O3/c1-5-11-28-22(26)24-18-10-7-15(12-14(18)3)21-20(23)17-9-8-16(27-4)13-19(17)25(21)6-2/h7-10,12-13H,5-6,11,23H2,1-4H3,(H,24,26).